The van der Waals surface area contributed by atoms with Crippen molar-refractivity contribution in [2.45, 2.75) is 4.75 Å². The van der Waals surface area contributed by atoms with Crippen molar-refractivity contribution in [3.63, 3.8) is 0 Å². The number of hydrogen-bond donors (Lipinski definition) is 3. The first kappa shape index (κ1) is 22.0. The molecule has 1 atom stereocenters. The van der Waals surface area contributed by atoms with Gasteiger partial charge in [0.15, 0.2) is 4.75 Å². The van der Waals surface area contributed by atoms with Crippen molar-refractivity contribution in [1.82, 2.24) is 0 Å². The molecule has 5 nitrogen and oxygen atoms in total. The minimum atomic E-state index is -5.11. The fourth-order valence-electron chi connectivity index (χ4n) is 3.19. The molecule has 0 saturated carbocycles. The summed E-state index contributed by atoms with van der Waals surface area (Å²) < 4.78 is 33.9. The zero-order chi connectivity index (χ0) is 21.6. The number of phenols is 2. The normalized spacial score (nSPS) is 13.8. The summed E-state index contributed by atoms with van der Waals surface area (Å²) >= 11 is 24.7. The van der Waals surface area contributed by atoms with Crippen molar-refractivity contribution < 1.29 is 23.2 Å². The number of benzene rings is 3. The van der Waals surface area contributed by atoms with Crippen molar-refractivity contribution in [2.75, 3.05) is 0 Å². The molecule has 3 rings (SSSR count). The maximum absolute atomic E-state index is 13.0. The molecule has 0 bridgehead atoms. The molecule has 0 spiro atoms. The van der Waals surface area contributed by atoms with Crippen molar-refractivity contribution in [2.24, 2.45) is 0 Å². The van der Waals surface area contributed by atoms with Gasteiger partial charge in [-0.1, -0.05) is 76.7 Å². The lowest BCUT2D eigenvalue weighted by atomic mass is 9.83. The van der Waals surface area contributed by atoms with E-state index in [1.165, 1.54) is 24.3 Å². The van der Waals surface area contributed by atoms with Crippen LogP contribution < -0.4 is 0 Å². The lowest BCUT2D eigenvalue weighted by Gasteiger charge is -2.34. The van der Waals surface area contributed by atoms with Crippen LogP contribution in [0, 0.1) is 0 Å². The van der Waals surface area contributed by atoms with Crippen LogP contribution in [0.2, 0.25) is 20.1 Å². The molecule has 0 aliphatic heterocycles. The Kier molecular flexibility index (Phi) is 5.98. The summed E-state index contributed by atoms with van der Waals surface area (Å²) in [5.74, 6) is -0.883. The number of halogens is 4. The molecule has 10 heteroatoms. The first-order valence-corrected chi connectivity index (χ1v) is 10.9. The highest BCUT2D eigenvalue weighted by atomic mass is 35.5. The SMILES string of the molecule is O=S(=O)(O)C(c1ccccc1)(c1cc(O)ccc1O)c1cc(Cl)c(Cl)c(Cl)c1Cl. The van der Waals surface area contributed by atoms with E-state index in [4.69, 9.17) is 46.4 Å². The molecule has 0 aromatic heterocycles. The summed E-state index contributed by atoms with van der Waals surface area (Å²) in [4.78, 5) is 0. The Labute approximate surface area is 186 Å². The zero-order valence-corrected chi connectivity index (χ0v) is 18.1. The minimum Gasteiger partial charge on any atom is -0.508 e. The Hall–Kier alpha value is -1.67. The van der Waals surface area contributed by atoms with E-state index in [-0.39, 0.29) is 42.5 Å². The van der Waals surface area contributed by atoms with Crippen LogP contribution in [-0.4, -0.2) is 23.2 Å². The van der Waals surface area contributed by atoms with Crippen molar-refractivity contribution >= 4 is 56.5 Å². The van der Waals surface area contributed by atoms with Gasteiger partial charge in [-0.25, -0.2) is 0 Å². The third-order valence-electron chi connectivity index (χ3n) is 4.41. The number of hydrogen-bond acceptors (Lipinski definition) is 4. The summed E-state index contributed by atoms with van der Waals surface area (Å²) in [5, 5.41) is 19.7. The zero-order valence-electron chi connectivity index (χ0n) is 14.3. The largest absolute Gasteiger partial charge is 0.508 e. The molecule has 0 fully saturated rings. The Morgan fingerprint density at radius 3 is 1.97 bits per heavy atom. The summed E-state index contributed by atoms with van der Waals surface area (Å²) in [6.45, 7) is 0. The maximum Gasteiger partial charge on any atom is 0.283 e. The Balaban J connectivity index is 2.65. The van der Waals surface area contributed by atoms with E-state index in [1.807, 2.05) is 0 Å². The molecule has 29 heavy (non-hydrogen) atoms. The van der Waals surface area contributed by atoms with Crippen LogP contribution in [0.5, 0.6) is 11.5 Å². The van der Waals surface area contributed by atoms with Gasteiger partial charge in [-0.3, -0.25) is 4.55 Å². The molecular formula is C19H12Cl4O5S. The van der Waals surface area contributed by atoms with Crippen LogP contribution >= 0.6 is 46.4 Å². The van der Waals surface area contributed by atoms with E-state index in [0.29, 0.717) is 0 Å². The molecule has 3 aromatic carbocycles. The van der Waals surface area contributed by atoms with Crippen LogP contribution in [0.15, 0.2) is 54.6 Å². The van der Waals surface area contributed by atoms with E-state index < -0.39 is 20.6 Å². The second-order valence-electron chi connectivity index (χ2n) is 6.07. The predicted molar refractivity (Wildman–Crippen MR) is 114 cm³/mol. The second-order valence-corrected chi connectivity index (χ2v) is 9.18. The maximum atomic E-state index is 13.0. The topological polar surface area (TPSA) is 94.8 Å². The molecule has 152 valence electrons. The molecule has 0 saturated heterocycles. The van der Waals surface area contributed by atoms with Gasteiger partial charge in [-0.15, -0.1) is 0 Å². The lowest BCUT2D eigenvalue weighted by molar-refractivity contribution is 0.434. The fourth-order valence-corrected chi connectivity index (χ4v) is 5.50. The van der Waals surface area contributed by atoms with Crippen LogP contribution in [0.4, 0.5) is 0 Å². The van der Waals surface area contributed by atoms with Gasteiger partial charge in [0.05, 0.1) is 20.1 Å². The fraction of sp³-hybridized carbons (Fsp3) is 0.0526. The standard InChI is InChI=1S/C19H12Cl4O5S/c20-14-9-13(16(21)18(23)17(14)22)19(29(26,27)28,10-4-2-1-3-5-10)12-8-11(24)6-7-15(12)25/h1-9,24-25H,(H,26,27,28). The third-order valence-corrected chi connectivity index (χ3v) is 7.61. The van der Waals surface area contributed by atoms with Crippen LogP contribution in [-0.2, 0) is 14.9 Å². The number of phenolic OH excluding ortho intramolecular Hbond substituents is 2. The summed E-state index contributed by atoms with van der Waals surface area (Å²) in [5.41, 5.74) is -0.601. The molecule has 0 amide bonds. The van der Waals surface area contributed by atoms with Gasteiger partial charge in [0.1, 0.15) is 11.5 Å². The molecule has 1 unspecified atom stereocenters. The molecule has 3 aromatic rings. The van der Waals surface area contributed by atoms with Gasteiger partial charge < -0.3 is 10.2 Å². The van der Waals surface area contributed by atoms with Crippen LogP contribution in [0.25, 0.3) is 0 Å². The summed E-state index contributed by atoms with van der Waals surface area (Å²) in [7, 11) is -5.11. The van der Waals surface area contributed by atoms with Crippen molar-refractivity contribution in [1.29, 1.82) is 0 Å². The van der Waals surface area contributed by atoms with Gasteiger partial charge in [0, 0.05) is 11.1 Å². The minimum absolute atomic E-state index is 0.0137. The van der Waals surface area contributed by atoms with Gasteiger partial charge in [0.2, 0.25) is 0 Å². The number of aromatic hydroxyl groups is 2. The smallest absolute Gasteiger partial charge is 0.283 e. The van der Waals surface area contributed by atoms with Gasteiger partial charge in [-0.2, -0.15) is 8.42 Å². The lowest BCUT2D eigenvalue weighted by Crippen LogP contribution is -2.38. The molecule has 0 aliphatic rings. The van der Waals surface area contributed by atoms with Crippen molar-refractivity contribution in [3.05, 3.63) is 91.4 Å². The van der Waals surface area contributed by atoms with Crippen LogP contribution in [0.1, 0.15) is 16.7 Å². The van der Waals surface area contributed by atoms with Gasteiger partial charge in [0.25, 0.3) is 10.1 Å². The molecule has 3 N–H and O–H groups in total. The Morgan fingerprint density at radius 2 is 1.38 bits per heavy atom. The highest BCUT2D eigenvalue weighted by Crippen LogP contribution is 2.52. The quantitative estimate of drug-likeness (QED) is 0.138. The molecular weight excluding hydrogens is 482 g/mol. The van der Waals surface area contributed by atoms with Crippen molar-refractivity contribution in [3.8, 4) is 11.5 Å². The highest BCUT2D eigenvalue weighted by Gasteiger charge is 2.52. The first-order valence-electron chi connectivity index (χ1n) is 7.90. The predicted octanol–water partition coefficient (Wildman–Crippen LogP) is 5.89. The molecule has 0 radical (unpaired) electrons. The highest BCUT2D eigenvalue weighted by molar-refractivity contribution is 7.87. The average molecular weight is 494 g/mol. The average Bonchev–Trinajstić information content (AvgIpc) is 2.67. The summed E-state index contributed by atoms with van der Waals surface area (Å²) in [6.07, 6.45) is 0. The van der Waals surface area contributed by atoms with Crippen LogP contribution in [0.3, 0.4) is 0 Å². The third kappa shape index (κ3) is 3.54. The molecule has 0 heterocycles. The van der Waals surface area contributed by atoms with E-state index in [2.05, 4.69) is 0 Å². The van der Waals surface area contributed by atoms with E-state index in [0.717, 1.165) is 24.3 Å². The van der Waals surface area contributed by atoms with E-state index >= 15 is 0 Å². The van der Waals surface area contributed by atoms with E-state index in [9.17, 15) is 23.2 Å². The Morgan fingerprint density at radius 1 is 0.759 bits per heavy atom. The van der Waals surface area contributed by atoms with Gasteiger partial charge >= 0.3 is 0 Å². The summed E-state index contributed by atoms with van der Waals surface area (Å²) in [6, 6.07) is 11.9. The van der Waals surface area contributed by atoms with E-state index in [1.54, 1.807) is 6.07 Å². The monoisotopic (exact) mass is 492 g/mol. The molecule has 0 aliphatic carbocycles. The Bertz CT molecular complexity index is 1200. The van der Waals surface area contributed by atoms with Gasteiger partial charge in [-0.05, 0) is 29.8 Å². The first-order chi connectivity index (χ1) is 13.5. The number of rotatable bonds is 4. The second kappa shape index (κ2) is 7.87.